The molecule has 4 heteroatoms. The first kappa shape index (κ1) is 54.7. The first-order valence-electron chi connectivity index (χ1n) is 32.1. The van der Waals surface area contributed by atoms with E-state index in [1.807, 2.05) is 0 Å². The molecule has 17 rings (SSSR count). The van der Waals surface area contributed by atoms with Crippen molar-refractivity contribution in [2.45, 2.75) is 84.0 Å². The number of hydrogen-bond acceptors (Lipinski definition) is 4. The van der Waals surface area contributed by atoms with E-state index in [1.54, 1.807) is 0 Å². The largest absolute Gasteiger partial charge is 0.454 e. The molecule has 0 radical (unpaired) electrons. The summed E-state index contributed by atoms with van der Waals surface area (Å²) in [5.74, 6) is 0. The number of furan rings is 2. The van der Waals surface area contributed by atoms with Gasteiger partial charge in [-0.1, -0.05) is 244 Å². The van der Waals surface area contributed by atoms with Crippen molar-refractivity contribution in [2.24, 2.45) is 0 Å². The summed E-state index contributed by atoms with van der Waals surface area (Å²) in [4.78, 5) is 4.94. The fraction of sp³-hybridized carbons (Fsp3) is 0.149. The molecule has 91 heavy (non-hydrogen) atoms. The minimum atomic E-state index is -0.859. The monoisotopic (exact) mass is 1170 g/mol. The van der Waals surface area contributed by atoms with E-state index in [0.29, 0.717) is 0 Å². The second kappa shape index (κ2) is 19.8. The van der Waals surface area contributed by atoms with Crippen LogP contribution in [0.5, 0.6) is 0 Å². The highest BCUT2D eigenvalue weighted by molar-refractivity contribution is 6.27. The van der Waals surface area contributed by atoms with E-state index in [9.17, 15) is 0 Å². The predicted molar refractivity (Wildman–Crippen MR) is 383 cm³/mol. The molecule has 0 unspecified atom stereocenters. The van der Waals surface area contributed by atoms with Crippen molar-refractivity contribution in [1.82, 2.24) is 0 Å². The van der Waals surface area contributed by atoms with Crippen molar-refractivity contribution >= 4 is 99.5 Å². The van der Waals surface area contributed by atoms with E-state index in [0.717, 1.165) is 111 Å². The minimum absolute atomic E-state index is 0.0532. The molecule has 2 aromatic heterocycles. The van der Waals surface area contributed by atoms with Gasteiger partial charge in [0, 0.05) is 44.3 Å². The Labute approximate surface area is 532 Å². The second-order valence-electron chi connectivity index (χ2n) is 28.5. The van der Waals surface area contributed by atoms with E-state index in [1.165, 1.54) is 60.8 Å². The fourth-order valence-electron chi connectivity index (χ4n) is 15.3. The average molecular weight is 1180 g/mol. The van der Waals surface area contributed by atoms with Crippen LogP contribution in [0.2, 0.25) is 0 Å². The topological polar surface area (TPSA) is 32.8 Å². The molecular formula is C87H70N2O2. The molecule has 0 N–H and O–H groups in total. The molecule has 4 nitrogen and oxygen atoms in total. The lowest BCUT2D eigenvalue weighted by Gasteiger charge is -2.33. The Balaban J connectivity index is 1.08. The standard InChI is InChI=1S/C87H70N2O2/c1-84(2,3)59-34-41-62(42-35-59)88(64-39-31-54-23-13-15-25-56(54)47-64)74-51-72-80(78-68-45-33-58(49-76(68)90-82(74)78)53-21-11-10-12-22-53)81-73(87(72)70-29-19-17-27-66(70)67-28-18-20-30-71(67)87)52-75(83-79(81)69-46-38-61(86(7,8)9)50-77(69)91-83)89(63-43-36-60(37-44-63)85(4,5)6)65-40-32-55-24-14-16-26-57(55)48-65/h10-52H,1-9H3. The first-order chi connectivity index (χ1) is 44.0. The lowest BCUT2D eigenvalue weighted by Crippen LogP contribution is -2.26. The van der Waals surface area contributed by atoms with Gasteiger partial charge in [-0.25, -0.2) is 0 Å². The molecule has 0 atom stereocenters. The van der Waals surface area contributed by atoms with Crippen molar-refractivity contribution in [3.05, 3.63) is 300 Å². The molecule has 0 amide bonds. The van der Waals surface area contributed by atoms with Crippen LogP contribution in [0.1, 0.15) is 101 Å². The highest BCUT2D eigenvalue weighted by Crippen LogP contribution is 2.68. The summed E-state index contributed by atoms with van der Waals surface area (Å²) in [6.07, 6.45) is 0. The summed E-state index contributed by atoms with van der Waals surface area (Å²) in [6.45, 7) is 20.6. The highest BCUT2D eigenvalue weighted by Gasteiger charge is 2.54. The van der Waals surface area contributed by atoms with Crippen LogP contribution in [0.15, 0.2) is 270 Å². The van der Waals surface area contributed by atoms with Crippen molar-refractivity contribution < 1.29 is 8.83 Å². The van der Waals surface area contributed by atoms with Crippen molar-refractivity contribution in [1.29, 1.82) is 0 Å². The van der Waals surface area contributed by atoms with Crippen LogP contribution >= 0.6 is 0 Å². The maximum absolute atomic E-state index is 7.77. The first-order valence-corrected chi connectivity index (χ1v) is 32.1. The lowest BCUT2D eigenvalue weighted by molar-refractivity contribution is 0.587. The van der Waals surface area contributed by atoms with Gasteiger partial charge in [0.25, 0.3) is 0 Å². The third-order valence-electron chi connectivity index (χ3n) is 19.9. The molecule has 0 saturated carbocycles. The Morgan fingerprint density at radius 3 is 1.16 bits per heavy atom. The van der Waals surface area contributed by atoms with Gasteiger partial charge < -0.3 is 18.6 Å². The van der Waals surface area contributed by atoms with Gasteiger partial charge in [-0.3, -0.25) is 0 Å². The summed E-state index contributed by atoms with van der Waals surface area (Å²) in [7, 11) is 0. The molecule has 2 heterocycles. The molecule has 2 aliphatic carbocycles. The van der Waals surface area contributed by atoms with Gasteiger partial charge in [-0.15, -0.1) is 0 Å². The Bertz CT molecular complexity index is 5420. The van der Waals surface area contributed by atoms with Crippen molar-refractivity contribution in [2.75, 3.05) is 9.80 Å². The molecule has 2 aliphatic rings. The lowest BCUT2D eigenvalue weighted by atomic mass is 9.70. The normalized spacial score (nSPS) is 13.4. The zero-order valence-electron chi connectivity index (χ0n) is 53.0. The molecule has 0 aliphatic heterocycles. The summed E-state index contributed by atoms with van der Waals surface area (Å²) in [5, 5.41) is 8.96. The number of anilines is 6. The van der Waals surface area contributed by atoms with Gasteiger partial charge in [0.05, 0.1) is 16.8 Å². The molecule has 440 valence electrons. The number of hydrogen-bond donors (Lipinski definition) is 0. The zero-order valence-corrected chi connectivity index (χ0v) is 53.0. The van der Waals surface area contributed by atoms with Gasteiger partial charge in [-0.05, 0) is 189 Å². The van der Waals surface area contributed by atoms with Gasteiger partial charge in [0.1, 0.15) is 11.2 Å². The molecule has 0 saturated heterocycles. The summed E-state index contributed by atoms with van der Waals surface area (Å²) < 4.78 is 15.5. The van der Waals surface area contributed by atoms with Crippen molar-refractivity contribution in [3.63, 3.8) is 0 Å². The van der Waals surface area contributed by atoms with Crippen LogP contribution in [0, 0.1) is 0 Å². The number of fused-ring (bicyclic) bond motifs is 20. The molecular weight excluding hydrogens is 1100 g/mol. The van der Waals surface area contributed by atoms with E-state index in [4.69, 9.17) is 8.83 Å². The molecule has 1 spiro atoms. The average Bonchev–Trinajstić information content (AvgIpc) is 1.49. The minimum Gasteiger partial charge on any atom is -0.454 e. The maximum Gasteiger partial charge on any atom is 0.160 e. The van der Waals surface area contributed by atoms with Gasteiger partial charge >= 0.3 is 0 Å². The number of rotatable bonds is 7. The van der Waals surface area contributed by atoms with E-state index in [-0.39, 0.29) is 16.2 Å². The SMILES string of the molecule is CC(C)(C)c1ccc(N(c2ccc3ccccc3c2)c2cc3c(c4c2oc2cc(-c5ccccc5)ccc24)-c2c(cc(N(c4ccc(C(C)(C)C)cc4)c4ccc5ccccc5c4)c4oc5cc(C(C)(C)C)ccc5c24)C32c3ccccc3-c3ccccc32)cc1. The Hall–Kier alpha value is -10.4. The maximum atomic E-state index is 7.77. The Morgan fingerprint density at radius 2 is 0.692 bits per heavy atom. The number of benzene rings is 13. The van der Waals surface area contributed by atoms with Crippen LogP contribution in [-0.4, -0.2) is 0 Å². The summed E-state index contributed by atoms with van der Waals surface area (Å²) in [6, 6.07) is 97.7. The summed E-state index contributed by atoms with van der Waals surface area (Å²) >= 11 is 0. The third-order valence-corrected chi connectivity index (χ3v) is 19.9. The highest BCUT2D eigenvalue weighted by atomic mass is 16.3. The van der Waals surface area contributed by atoms with E-state index < -0.39 is 5.41 Å². The smallest absolute Gasteiger partial charge is 0.160 e. The van der Waals surface area contributed by atoms with Crippen molar-refractivity contribution in [3.8, 4) is 33.4 Å². The van der Waals surface area contributed by atoms with Gasteiger partial charge in [0.15, 0.2) is 11.2 Å². The van der Waals surface area contributed by atoms with Crippen LogP contribution in [0.25, 0.3) is 98.8 Å². The van der Waals surface area contributed by atoms with Gasteiger partial charge in [0.2, 0.25) is 0 Å². The van der Waals surface area contributed by atoms with Crippen LogP contribution in [-0.2, 0) is 21.7 Å². The molecule has 0 fully saturated rings. The fourth-order valence-corrected chi connectivity index (χ4v) is 15.3. The quantitative estimate of drug-likeness (QED) is 0.159. The van der Waals surface area contributed by atoms with Crippen LogP contribution < -0.4 is 9.80 Å². The zero-order chi connectivity index (χ0) is 61.9. The van der Waals surface area contributed by atoms with E-state index in [2.05, 4.69) is 333 Å². The van der Waals surface area contributed by atoms with E-state index >= 15 is 0 Å². The van der Waals surface area contributed by atoms with Crippen LogP contribution in [0.3, 0.4) is 0 Å². The Kier molecular flexibility index (Phi) is 11.9. The predicted octanol–water partition coefficient (Wildman–Crippen LogP) is 24.6. The van der Waals surface area contributed by atoms with Gasteiger partial charge in [-0.2, -0.15) is 0 Å². The molecule has 13 aromatic carbocycles. The second-order valence-corrected chi connectivity index (χ2v) is 28.5. The molecule has 0 bridgehead atoms. The molecule has 15 aromatic rings. The summed E-state index contributed by atoms with van der Waals surface area (Å²) in [5.41, 5.74) is 23.9. The number of nitrogens with zero attached hydrogens (tertiary/aromatic N) is 2. The Morgan fingerprint density at radius 1 is 0.297 bits per heavy atom. The third kappa shape index (κ3) is 8.34. The van der Waals surface area contributed by atoms with Crippen LogP contribution in [0.4, 0.5) is 34.1 Å².